The van der Waals surface area contributed by atoms with Crippen LogP contribution in [0.4, 0.5) is 0 Å². The van der Waals surface area contributed by atoms with Crippen molar-refractivity contribution in [2.45, 2.75) is 4.90 Å². The molecule has 0 saturated carbocycles. The van der Waals surface area contributed by atoms with Crippen LogP contribution in [0.1, 0.15) is 0 Å². The summed E-state index contributed by atoms with van der Waals surface area (Å²) in [5.41, 5.74) is 3.72. The van der Waals surface area contributed by atoms with Gasteiger partial charge in [-0.25, -0.2) is 4.98 Å². The van der Waals surface area contributed by atoms with Crippen LogP contribution in [0.3, 0.4) is 0 Å². The van der Waals surface area contributed by atoms with E-state index >= 15 is 0 Å². The summed E-state index contributed by atoms with van der Waals surface area (Å²) in [6.07, 6.45) is 0. The molecule has 0 spiro atoms. The molecule has 2 N–H and O–H groups in total. The van der Waals surface area contributed by atoms with Crippen molar-refractivity contribution in [2.75, 3.05) is 0 Å². The van der Waals surface area contributed by atoms with Crippen LogP contribution in [0.25, 0.3) is 33.3 Å². The first-order valence-electron chi connectivity index (χ1n) is 6.53. The Morgan fingerprint density at radius 1 is 0.905 bits per heavy atom. The largest absolute Gasteiger partial charge is 0.345 e. The zero-order chi connectivity index (χ0) is 14.4. The molecule has 5 heteroatoms. The molecule has 4 rings (SSSR count). The number of para-hydroxylation sites is 3. The van der Waals surface area contributed by atoms with Gasteiger partial charge in [0.15, 0.2) is 0 Å². The van der Waals surface area contributed by atoms with E-state index in [2.05, 4.69) is 27.6 Å². The fourth-order valence-corrected chi connectivity index (χ4v) is 3.31. The Balaban J connectivity index is 2.08. The van der Waals surface area contributed by atoms with Gasteiger partial charge in [0.05, 0.1) is 16.6 Å². The zero-order valence-electron chi connectivity index (χ0n) is 10.9. The molecule has 2 aromatic heterocycles. The van der Waals surface area contributed by atoms with E-state index in [1.165, 1.54) is 0 Å². The van der Waals surface area contributed by atoms with E-state index in [9.17, 15) is 0 Å². The number of imidazole rings is 1. The van der Waals surface area contributed by atoms with E-state index in [4.69, 9.17) is 12.2 Å². The molecule has 21 heavy (non-hydrogen) atoms. The summed E-state index contributed by atoms with van der Waals surface area (Å²) in [6.45, 7) is 0. The standard InChI is InChI=1S/C16H11N3S2/c20-14-9-5-1-2-6-10(9)19-16(21)13(14)15-17-11-7-3-4-8-12(11)18-15/h1-8H,(H,17,18)(H2,19,20,21). The van der Waals surface area contributed by atoms with E-state index < -0.39 is 0 Å². The molecule has 0 unspecified atom stereocenters. The van der Waals surface area contributed by atoms with Crippen LogP contribution >= 0.6 is 24.8 Å². The van der Waals surface area contributed by atoms with Gasteiger partial charge in [-0.2, -0.15) is 0 Å². The summed E-state index contributed by atoms with van der Waals surface area (Å²) < 4.78 is 0.637. The SMILES string of the molecule is S=c1[nH]c2ccccc2c(S)c1-c1nc2ccccc2[nH]1. The van der Waals surface area contributed by atoms with Crippen molar-refractivity contribution in [1.82, 2.24) is 15.0 Å². The van der Waals surface area contributed by atoms with Crippen LogP contribution < -0.4 is 0 Å². The maximum absolute atomic E-state index is 5.49. The van der Waals surface area contributed by atoms with Crippen molar-refractivity contribution in [3.05, 3.63) is 53.2 Å². The second kappa shape index (κ2) is 4.72. The number of fused-ring (bicyclic) bond motifs is 2. The van der Waals surface area contributed by atoms with Gasteiger partial charge in [0.1, 0.15) is 10.5 Å². The average molecular weight is 309 g/mol. The number of aromatic amines is 2. The quantitative estimate of drug-likeness (QED) is 0.351. The number of hydrogen-bond acceptors (Lipinski definition) is 3. The lowest BCUT2D eigenvalue weighted by molar-refractivity contribution is 1.25. The summed E-state index contributed by atoms with van der Waals surface area (Å²) in [4.78, 5) is 12.0. The number of nitrogens with one attached hydrogen (secondary N) is 2. The number of hydrogen-bond donors (Lipinski definition) is 3. The summed E-state index contributed by atoms with van der Waals surface area (Å²) in [7, 11) is 0. The lowest BCUT2D eigenvalue weighted by Crippen LogP contribution is -1.90. The Labute approximate surface area is 131 Å². The predicted molar refractivity (Wildman–Crippen MR) is 91.5 cm³/mol. The number of aromatic nitrogens is 3. The maximum atomic E-state index is 5.49. The molecular formula is C16H11N3S2. The third kappa shape index (κ3) is 1.97. The third-order valence-corrected chi connectivity index (χ3v) is 4.29. The van der Waals surface area contributed by atoms with Crippen LogP contribution in [0, 0.1) is 4.64 Å². The Bertz CT molecular complexity index is 997. The first-order chi connectivity index (χ1) is 10.2. The molecule has 0 radical (unpaired) electrons. The molecule has 0 saturated heterocycles. The number of benzene rings is 2. The Morgan fingerprint density at radius 2 is 1.62 bits per heavy atom. The fourth-order valence-electron chi connectivity index (χ4n) is 2.52. The van der Waals surface area contributed by atoms with Crippen molar-refractivity contribution >= 4 is 46.8 Å². The molecule has 0 fully saturated rings. The van der Waals surface area contributed by atoms with E-state index in [0.717, 1.165) is 38.2 Å². The molecule has 102 valence electrons. The number of nitrogens with zero attached hydrogens (tertiary/aromatic N) is 1. The zero-order valence-corrected chi connectivity index (χ0v) is 12.6. The molecule has 2 heterocycles. The van der Waals surface area contributed by atoms with E-state index in [0.29, 0.717) is 4.64 Å². The van der Waals surface area contributed by atoms with Gasteiger partial charge >= 0.3 is 0 Å². The second-order valence-corrected chi connectivity index (χ2v) is 5.68. The highest BCUT2D eigenvalue weighted by Crippen LogP contribution is 2.32. The number of rotatable bonds is 1. The van der Waals surface area contributed by atoms with Crippen molar-refractivity contribution in [1.29, 1.82) is 0 Å². The predicted octanol–water partition coefficient (Wildman–Crippen LogP) is 4.73. The topological polar surface area (TPSA) is 44.5 Å². The lowest BCUT2D eigenvalue weighted by atomic mass is 10.1. The fraction of sp³-hybridized carbons (Fsp3) is 0. The summed E-state index contributed by atoms with van der Waals surface area (Å²) in [5.74, 6) is 0.744. The van der Waals surface area contributed by atoms with Gasteiger partial charge in [-0.15, -0.1) is 12.6 Å². The second-order valence-electron chi connectivity index (χ2n) is 4.83. The molecule has 0 aliphatic heterocycles. The Kier molecular flexibility index (Phi) is 2.83. The third-order valence-electron chi connectivity index (χ3n) is 3.52. The molecule has 0 amide bonds. The average Bonchev–Trinajstić information content (AvgIpc) is 2.90. The van der Waals surface area contributed by atoms with Gasteiger partial charge in [-0.05, 0) is 18.2 Å². The minimum absolute atomic E-state index is 0.637. The molecule has 0 atom stereocenters. The van der Waals surface area contributed by atoms with Crippen LogP contribution in [-0.2, 0) is 0 Å². The van der Waals surface area contributed by atoms with E-state index in [1.807, 2.05) is 48.5 Å². The summed E-state index contributed by atoms with van der Waals surface area (Å²) in [5, 5.41) is 1.03. The Morgan fingerprint density at radius 3 is 2.43 bits per heavy atom. The normalized spacial score (nSPS) is 11.3. The first kappa shape index (κ1) is 12.6. The number of thiol groups is 1. The van der Waals surface area contributed by atoms with Gasteiger partial charge in [-0.3, -0.25) is 0 Å². The van der Waals surface area contributed by atoms with Gasteiger partial charge in [0.25, 0.3) is 0 Å². The Hall–Kier alpha value is -2.11. The van der Waals surface area contributed by atoms with Gasteiger partial charge in [-0.1, -0.05) is 42.5 Å². The molecule has 2 aromatic carbocycles. The highest BCUT2D eigenvalue weighted by atomic mass is 32.1. The molecule has 4 aromatic rings. The van der Waals surface area contributed by atoms with Crippen molar-refractivity contribution in [2.24, 2.45) is 0 Å². The minimum atomic E-state index is 0.637. The summed E-state index contributed by atoms with van der Waals surface area (Å²) in [6, 6.07) is 15.9. The molecular weight excluding hydrogens is 298 g/mol. The van der Waals surface area contributed by atoms with Crippen LogP contribution in [-0.4, -0.2) is 15.0 Å². The maximum Gasteiger partial charge on any atom is 0.142 e. The number of pyridine rings is 1. The van der Waals surface area contributed by atoms with Crippen molar-refractivity contribution < 1.29 is 0 Å². The summed E-state index contributed by atoms with van der Waals surface area (Å²) >= 11 is 10.2. The highest BCUT2D eigenvalue weighted by Gasteiger charge is 2.13. The van der Waals surface area contributed by atoms with Crippen LogP contribution in [0.15, 0.2) is 53.4 Å². The molecule has 0 aliphatic rings. The van der Waals surface area contributed by atoms with Gasteiger partial charge < -0.3 is 9.97 Å². The molecule has 3 nitrogen and oxygen atoms in total. The van der Waals surface area contributed by atoms with Crippen LogP contribution in [0.5, 0.6) is 0 Å². The highest BCUT2D eigenvalue weighted by molar-refractivity contribution is 7.80. The van der Waals surface area contributed by atoms with Gasteiger partial charge in [0.2, 0.25) is 0 Å². The van der Waals surface area contributed by atoms with Crippen LogP contribution in [0.2, 0.25) is 0 Å². The molecule has 0 aliphatic carbocycles. The minimum Gasteiger partial charge on any atom is -0.345 e. The van der Waals surface area contributed by atoms with Gasteiger partial charge in [0, 0.05) is 15.8 Å². The van der Waals surface area contributed by atoms with E-state index in [-0.39, 0.29) is 0 Å². The smallest absolute Gasteiger partial charge is 0.142 e. The van der Waals surface area contributed by atoms with E-state index in [1.54, 1.807) is 0 Å². The van der Waals surface area contributed by atoms with Crippen molar-refractivity contribution in [3.8, 4) is 11.4 Å². The monoisotopic (exact) mass is 309 g/mol. The lowest BCUT2D eigenvalue weighted by Gasteiger charge is -2.07. The number of H-pyrrole nitrogens is 2. The first-order valence-corrected chi connectivity index (χ1v) is 7.39. The molecule has 0 bridgehead atoms. The van der Waals surface area contributed by atoms with Crippen molar-refractivity contribution in [3.63, 3.8) is 0 Å².